The smallest absolute Gasteiger partial charge is 0.255 e. The molecule has 4 rings (SSSR count). The fourth-order valence-electron chi connectivity index (χ4n) is 4.26. The molecule has 4 aromatic rings. The minimum atomic E-state index is -1.04. The SMILES string of the molecule is CCn1c(=O)c(CCC(=O)Nc2ccc(F)c(F)c2)c(C)c2c(C)nn(-c3ccc(C)cc3)c21. The standard InChI is InChI=1S/C26H26F2N4O2/c1-5-31-25-24(17(4)30-32(25)19-9-6-15(2)7-10-19)16(3)20(26(31)34)11-13-23(33)29-18-8-12-21(27)22(28)14-18/h6-10,12,14H,5,11,13H2,1-4H3,(H,29,33). The Labute approximate surface area is 195 Å². The monoisotopic (exact) mass is 464 g/mol. The van der Waals surface area contributed by atoms with Crippen molar-refractivity contribution in [2.75, 3.05) is 5.32 Å². The van der Waals surface area contributed by atoms with Crippen molar-refractivity contribution < 1.29 is 13.6 Å². The number of hydrogen-bond acceptors (Lipinski definition) is 3. The van der Waals surface area contributed by atoms with Crippen molar-refractivity contribution in [3.8, 4) is 5.69 Å². The first-order valence-corrected chi connectivity index (χ1v) is 11.1. The van der Waals surface area contributed by atoms with Crippen LogP contribution >= 0.6 is 0 Å². The van der Waals surface area contributed by atoms with Crippen molar-refractivity contribution in [1.29, 1.82) is 0 Å². The zero-order chi connectivity index (χ0) is 24.6. The minimum absolute atomic E-state index is 0.0233. The molecule has 1 N–H and O–H groups in total. The van der Waals surface area contributed by atoms with Crippen LogP contribution in [0.2, 0.25) is 0 Å². The van der Waals surface area contributed by atoms with Gasteiger partial charge in [-0.05, 0) is 63.9 Å². The number of carbonyl (C=O) groups is 1. The first-order valence-electron chi connectivity index (χ1n) is 11.1. The maximum absolute atomic E-state index is 13.4. The highest BCUT2D eigenvalue weighted by Crippen LogP contribution is 2.26. The number of aromatic nitrogens is 3. The van der Waals surface area contributed by atoms with Gasteiger partial charge in [-0.3, -0.25) is 14.2 Å². The van der Waals surface area contributed by atoms with Gasteiger partial charge in [-0.25, -0.2) is 13.5 Å². The van der Waals surface area contributed by atoms with Crippen LogP contribution in [-0.2, 0) is 17.8 Å². The molecular weight excluding hydrogens is 438 g/mol. The third-order valence-corrected chi connectivity index (χ3v) is 6.02. The summed E-state index contributed by atoms with van der Waals surface area (Å²) < 4.78 is 30.0. The average molecular weight is 465 g/mol. The van der Waals surface area contributed by atoms with Gasteiger partial charge in [-0.2, -0.15) is 5.10 Å². The number of halogens is 2. The average Bonchev–Trinajstić information content (AvgIpc) is 3.14. The molecule has 0 saturated carbocycles. The van der Waals surface area contributed by atoms with Crippen molar-refractivity contribution >= 4 is 22.6 Å². The molecule has 176 valence electrons. The number of nitrogens with zero attached hydrogens (tertiary/aromatic N) is 3. The Morgan fingerprint density at radius 2 is 1.74 bits per heavy atom. The second-order valence-electron chi connectivity index (χ2n) is 8.36. The van der Waals surface area contributed by atoms with E-state index in [1.807, 2.05) is 52.0 Å². The fraction of sp³-hybridized carbons (Fsp3) is 0.269. The maximum atomic E-state index is 13.4. The Bertz CT molecular complexity index is 1450. The molecule has 0 radical (unpaired) electrons. The zero-order valence-electron chi connectivity index (χ0n) is 19.6. The first kappa shape index (κ1) is 23.4. The number of aryl methyl sites for hydroxylation is 4. The molecule has 0 aliphatic carbocycles. The second kappa shape index (κ2) is 9.21. The van der Waals surface area contributed by atoms with Gasteiger partial charge in [0.1, 0.15) is 5.65 Å². The molecule has 2 heterocycles. The topological polar surface area (TPSA) is 68.9 Å². The van der Waals surface area contributed by atoms with Gasteiger partial charge in [0.25, 0.3) is 5.56 Å². The number of amides is 1. The van der Waals surface area contributed by atoms with E-state index in [-0.39, 0.29) is 30.0 Å². The van der Waals surface area contributed by atoms with Gasteiger partial charge in [0, 0.05) is 35.7 Å². The lowest BCUT2D eigenvalue weighted by molar-refractivity contribution is -0.116. The Kier molecular flexibility index (Phi) is 6.32. The summed E-state index contributed by atoms with van der Waals surface area (Å²) in [7, 11) is 0. The van der Waals surface area contributed by atoms with Crippen LogP contribution in [0.1, 0.15) is 35.7 Å². The van der Waals surface area contributed by atoms with Crippen molar-refractivity contribution in [2.45, 2.75) is 47.1 Å². The van der Waals surface area contributed by atoms with E-state index >= 15 is 0 Å². The van der Waals surface area contributed by atoms with Crippen LogP contribution in [0.4, 0.5) is 14.5 Å². The summed E-state index contributed by atoms with van der Waals surface area (Å²) in [5.41, 5.74) is 4.85. The predicted octanol–water partition coefficient (Wildman–Crippen LogP) is 4.98. The van der Waals surface area contributed by atoms with E-state index in [4.69, 9.17) is 5.10 Å². The Hall–Kier alpha value is -3.81. The quantitative estimate of drug-likeness (QED) is 0.438. The van der Waals surface area contributed by atoms with Gasteiger partial charge in [0.15, 0.2) is 11.6 Å². The Balaban J connectivity index is 1.69. The van der Waals surface area contributed by atoms with Gasteiger partial charge in [-0.1, -0.05) is 17.7 Å². The third-order valence-electron chi connectivity index (χ3n) is 6.02. The van der Waals surface area contributed by atoms with Gasteiger partial charge >= 0.3 is 0 Å². The third kappa shape index (κ3) is 4.23. The van der Waals surface area contributed by atoms with Crippen molar-refractivity contribution in [1.82, 2.24) is 14.3 Å². The van der Waals surface area contributed by atoms with Crippen LogP contribution in [0, 0.1) is 32.4 Å². The largest absolute Gasteiger partial charge is 0.326 e. The molecule has 0 bridgehead atoms. The molecular formula is C26H26F2N4O2. The van der Waals surface area contributed by atoms with Gasteiger partial charge < -0.3 is 5.32 Å². The van der Waals surface area contributed by atoms with Crippen LogP contribution in [0.25, 0.3) is 16.7 Å². The zero-order valence-corrected chi connectivity index (χ0v) is 19.6. The molecule has 0 spiro atoms. The highest BCUT2D eigenvalue weighted by molar-refractivity contribution is 5.91. The van der Waals surface area contributed by atoms with Gasteiger partial charge in [0.2, 0.25) is 5.91 Å². The summed E-state index contributed by atoms with van der Waals surface area (Å²) in [6.07, 6.45) is 0.237. The first-order chi connectivity index (χ1) is 16.2. The molecule has 0 aliphatic rings. The number of pyridine rings is 1. The molecule has 0 aliphatic heterocycles. The lowest BCUT2D eigenvalue weighted by Gasteiger charge is -2.14. The highest BCUT2D eigenvalue weighted by Gasteiger charge is 2.21. The van der Waals surface area contributed by atoms with Gasteiger partial charge in [-0.15, -0.1) is 0 Å². The summed E-state index contributed by atoms with van der Waals surface area (Å²) in [6.45, 7) is 8.14. The minimum Gasteiger partial charge on any atom is -0.326 e. The number of anilines is 1. The number of hydrogen-bond donors (Lipinski definition) is 1. The lowest BCUT2D eigenvalue weighted by Crippen LogP contribution is -2.27. The van der Waals surface area contributed by atoms with Crippen molar-refractivity contribution in [2.24, 2.45) is 0 Å². The van der Waals surface area contributed by atoms with Crippen LogP contribution in [0.5, 0.6) is 0 Å². The number of benzene rings is 2. The van der Waals surface area contributed by atoms with E-state index in [2.05, 4.69) is 5.32 Å². The van der Waals surface area contributed by atoms with Crippen molar-refractivity contribution in [3.63, 3.8) is 0 Å². The summed E-state index contributed by atoms with van der Waals surface area (Å²) in [4.78, 5) is 25.9. The number of carbonyl (C=O) groups excluding carboxylic acids is 1. The van der Waals surface area contributed by atoms with Crippen LogP contribution < -0.4 is 10.9 Å². The summed E-state index contributed by atoms with van der Waals surface area (Å²) in [5.74, 6) is -2.41. The summed E-state index contributed by atoms with van der Waals surface area (Å²) in [6, 6.07) is 11.1. The molecule has 0 unspecified atom stereocenters. The molecule has 1 amide bonds. The molecule has 0 atom stereocenters. The summed E-state index contributed by atoms with van der Waals surface area (Å²) in [5, 5.41) is 8.16. The summed E-state index contributed by atoms with van der Waals surface area (Å²) >= 11 is 0. The van der Waals surface area contributed by atoms with E-state index in [1.165, 1.54) is 6.07 Å². The molecule has 2 aromatic heterocycles. The molecule has 6 nitrogen and oxygen atoms in total. The van der Waals surface area contributed by atoms with E-state index in [1.54, 1.807) is 9.25 Å². The maximum Gasteiger partial charge on any atom is 0.255 e. The molecule has 2 aromatic carbocycles. The van der Waals surface area contributed by atoms with E-state index < -0.39 is 11.6 Å². The molecule has 34 heavy (non-hydrogen) atoms. The van der Waals surface area contributed by atoms with E-state index in [0.717, 1.165) is 45.7 Å². The second-order valence-corrected chi connectivity index (χ2v) is 8.36. The number of nitrogens with one attached hydrogen (secondary N) is 1. The van der Waals surface area contributed by atoms with Crippen molar-refractivity contribution in [3.05, 3.63) is 86.8 Å². The van der Waals surface area contributed by atoms with E-state index in [0.29, 0.717) is 12.1 Å². The Morgan fingerprint density at radius 3 is 2.38 bits per heavy atom. The predicted molar refractivity (Wildman–Crippen MR) is 129 cm³/mol. The lowest BCUT2D eigenvalue weighted by atomic mass is 10.0. The van der Waals surface area contributed by atoms with E-state index in [9.17, 15) is 18.4 Å². The highest BCUT2D eigenvalue weighted by atomic mass is 19.2. The number of fused-ring (bicyclic) bond motifs is 1. The van der Waals surface area contributed by atoms with Crippen LogP contribution in [0.15, 0.2) is 47.3 Å². The number of rotatable bonds is 6. The molecule has 0 saturated heterocycles. The molecule has 8 heteroatoms. The molecule has 0 fully saturated rings. The fourth-order valence-corrected chi connectivity index (χ4v) is 4.26. The van der Waals surface area contributed by atoms with Crippen LogP contribution in [-0.4, -0.2) is 20.3 Å². The van der Waals surface area contributed by atoms with Gasteiger partial charge in [0.05, 0.1) is 11.4 Å². The normalized spacial score (nSPS) is 11.2. The van der Waals surface area contributed by atoms with Crippen LogP contribution in [0.3, 0.4) is 0 Å². The Morgan fingerprint density at radius 1 is 1.03 bits per heavy atom.